The summed E-state index contributed by atoms with van der Waals surface area (Å²) >= 11 is 12.1. The lowest BCUT2D eigenvalue weighted by molar-refractivity contribution is 0.0473. The number of benzene rings is 1. The smallest absolute Gasteiger partial charge is 0.151 e. The molecule has 1 aliphatic rings. The van der Waals surface area contributed by atoms with Crippen molar-refractivity contribution in [3.05, 3.63) is 33.8 Å². The van der Waals surface area contributed by atoms with Gasteiger partial charge in [-0.25, -0.2) is 8.42 Å². The number of nitrogens with two attached hydrogens (primary N) is 1. The van der Waals surface area contributed by atoms with Gasteiger partial charge in [0.15, 0.2) is 9.84 Å². The van der Waals surface area contributed by atoms with E-state index < -0.39 is 21.4 Å². The molecule has 0 radical (unpaired) electrons. The third kappa shape index (κ3) is 2.76. The second kappa shape index (κ2) is 5.22. The Hall–Kier alpha value is -0.330. The lowest BCUT2D eigenvalue weighted by Gasteiger charge is -2.32. The monoisotopic (exact) mass is 323 g/mol. The molecule has 1 heterocycles. The van der Waals surface area contributed by atoms with Crippen LogP contribution < -0.4 is 5.73 Å². The van der Waals surface area contributed by atoms with Gasteiger partial charge < -0.3 is 10.8 Å². The Bertz CT molecular complexity index is 570. The Morgan fingerprint density at radius 1 is 1.37 bits per heavy atom. The number of halogens is 2. The van der Waals surface area contributed by atoms with Gasteiger partial charge in [-0.1, -0.05) is 29.3 Å². The number of hydrogen-bond donors (Lipinski definition) is 2. The van der Waals surface area contributed by atoms with Gasteiger partial charge in [0.25, 0.3) is 0 Å². The highest BCUT2D eigenvalue weighted by molar-refractivity contribution is 7.91. The van der Waals surface area contributed by atoms with Crippen LogP contribution in [-0.4, -0.2) is 31.6 Å². The van der Waals surface area contributed by atoms with Crippen molar-refractivity contribution in [2.24, 2.45) is 11.1 Å². The van der Waals surface area contributed by atoms with E-state index in [-0.39, 0.29) is 18.1 Å². The highest BCUT2D eigenvalue weighted by Crippen LogP contribution is 2.46. The average Bonchev–Trinajstić information content (AvgIpc) is 2.66. The molecule has 0 aromatic heterocycles. The van der Waals surface area contributed by atoms with E-state index in [9.17, 15) is 13.5 Å². The first-order valence-electron chi connectivity index (χ1n) is 5.84. The van der Waals surface area contributed by atoms with Crippen molar-refractivity contribution in [2.45, 2.75) is 12.5 Å². The Kier molecular flexibility index (Phi) is 4.14. The van der Waals surface area contributed by atoms with E-state index in [1.54, 1.807) is 18.2 Å². The van der Waals surface area contributed by atoms with E-state index in [0.717, 1.165) is 0 Å². The van der Waals surface area contributed by atoms with Gasteiger partial charge in [0, 0.05) is 27.6 Å². The van der Waals surface area contributed by atoms with E-state index in [2.05, 4.69) is 0 Å². The molecule has 3 N–H and O–H groups in total. The van der Waals surface area contributed by atoms with Gasteiger partial charge in [-0.15, -0.1) is 0 Å². The van der Waals surface area contributed by atoms with Crippen LogP contribution in [0.1, 0.15) is 18.1 Å². The van der Waals surface area contributed by atoms with Gasteiger partial charge in [0.1, 0.15) is 0 Å². The molecule has 0 amide bonds. The fourth-order valence-corrected chi connectivity index (χ4v) is 5.27. The Morgan fingerprint density at radius 2 is 1.95 bits per heavy atom. The molecule has 1 saturated heterocycles. The van der Waals surface area contributed by atoms with Gasteiger partial charge in [-0.2, -0.15) is 0 Å². The third-order valence-electron chi connectivity index (χ3n) is 3.68. The molecule has 0 spiro atoms. The zero-order valence-corrected chi connectivity index (χ0v) is 12.5. The second-order valence-corrected chi connectivity index (χ2v) is 7.94. The van der Waals surface area contributed by atoms with Crippen LogP contribution in [-0.2, 0) is 9.84 Å². The van der Waals surface area contributed by atoms with Crippen molar-refractivity contribution < 1.29 is 13.5 Å². The molecule has 2 atom stereocenters. The van der Waals surface area contributed by atoms with E-state index in [1.165, 1.54) is 0 Å². The van der Waals surface area contributed by atoms with E-state index >= 15 is 0 Å². The SMILES string of the molecule is NCC1(C(O)c2c(Cl)cccc2Cl)CCS(=O)(=O)C1. The first-order valence-corrected chi connectivity index (χ1v) is 8.41. The molecule has 1 aromatic carbocycles. The second-order valence-electron chi connectivity index (χ2n) is 4.95. The molecule has 1 aliphatic heterocycles. The molecule has 1 fully saturated rings. The maximum atomic E-state index is 11.7. The van der Waals surface area contributed by atoms with Gasteiger partial charge in [0.2, 0.25) is 0 Å². The average molecular weight is 324 g/mol. The van der Waals surface area contributed by atoms with E-state index in [4.69, 9.17) is 28.9 Å². The largest absolute Gasteiger partial charge is 0.388 e. The standard InChI is InChI=1S/C12H15Cl2NO3S/c13-8-2-1-3-9(14)10(8)11(16)12(6-15)4-5-19(17,18)7-12/h1-3,11,16H,4-7,15H2. The van der Waals surface area contributed by atoms with E-state index in [1.807, 2.05) is 0 Å². The van der Waals surface area contributed by atoms with Crippen LogP contribution in [0.15, 0.2) is 18.2 Å². The Labute approximate surface area is 122 Å². The number of hydrogen-bond acceptors (Lipinski definition) is 4. The summed E-state index contributed by atoms with van der Waals surface area (Å²) in [5.74, 6) is -0.109. The van der Waals surface area contributed by atoms with Crippen LogP contribution in [0.25, 0.3) is 0 Å². The normalized spacial score (nSPS) is 27.4. The zero-order chi connectivity index (χ0) is 14.3. The molecule has 1 aromatic rings. The number of sulfone groups is 1. The summed E-state index contributed by atoms with van der Waals surface area (Å²) in [6, 6.07) is 4.89. The quantitative estimate of drug-likeness (QED) is 0.888. The van der Waals surface area contributed by atoms with Crippen molar-refractivity contribution in [2.75, 3.05) is 18.1 Å². The fourth-order valence-electron chi connectivity index (χ4n) is 2.51. The predicted octanol–water partition coefficient (Wildman–Crippen LogP) is 1.79. The van der Waals surface area contributed by atoms with Crippen molar-refractivity contribution in [1.82, 2.24) is 0 Å². The van der Waals surface area contributed by atoms with Crippen LogP contribution in [0.3, 0.4) is 0 Å². The van der Waals surface area contributed by atoms with Crippen molar-refractivity contribution >= 4 is 33.0 Å². The fraction of sp³-hybridized carbons (Fsp3) is 0.500. The highest BCUT2D eigenvalue weighted by atomic mass is 35.5. The summed E-state index contributed by atoms with van der Waals surface area (Å²) in [5.41, 5.74) is 5.16. The summed E-state index contributed by atoms with van der Waals surface area (Å²) < 4.78 is 23.4. The summed E-state index contributed by atoms with van der Waals surface area (Å²) in [5, 5.41) is 11.2. The number of aliphatic hydroxyl groups is 1. The van der Waals surface area contributed by atoms with Gasteiger partial charge in [0.05, 0.1) is 17.6 Å². The molecule has 4 nitrogen and oxygen atoms in total. The maximum Gasteiger partial charge on any atom is 0.151 e. The molecule has 0 bridgehead atoms. The minimum atomic E-state index is -3.17. The van der Waals surface area contributed by atoms with Crippen molar-refractivity contribution in [3.8, 4) is 0 Å². The van der Waals surface area contributed by atoms with E-state index in [0.29, 0.717) is 22.0 Å². The zero-order valence-electron chi connectivity index (χ0n) is 10.1. The summed E-state index contributed by atoms with van der Waals surface area (Å²) in [6.07, 6.45) is -0.773. The first kappa shape index (κ1) is 15.1. The predicted molar refractivity (Wildman–Crippen MR) is 76.2 cm³/mol. The molecular weight excluding hydrogens is 309 g/mol. The van der Waals surface area contributed by atoms with Crippen LogP contribution in [0.4, 0.5) is 0 Å². The first-order chi connectivity index (χ1) is 8.81. The summed E-state index contributed by atoms with van der Waals surface area (Å²) in [4.78, 5) is 0. The molecule has 2 rings (SSSR count). The molecule has 7 heteroatoms. The molecule has 19 heavy (non-hydrogen) atoms. The molecule has 0 saturated carbocycles. The minimum Gasteiger partial charge on any atom is -0.388 e. The molecule has 2 unspecified atom stereocenters. The van der Waals surface area contributed by atoms with Crippen molar-refractivity contribution in [3.63, 3.8) is 0 Å². The summed E-state index contributed by atoms with van der Waals surface area (Å²) in [7, 11) is -3.17. The van der Waals surface area contributed by atoms with Crippen LogP contribution in [0.2, 0.25) is 10.0 Å². The Morgan fingerprint density at radius 3 is 2.37 bits per heavy atom. The number of aliphatic hydroxyl groups excluding tert-OH is 1. The molecule has 106 valence electrons. The lowest BCUT2D eigenvalue weighted by Crippen LogP contribution is -2.38. The molecule has 0 aliphatic carbocycles. The number of rotatable bonds is 3. The lowest BCUT2D eigenvalue weighted by atomic mass is 9.78. The van der Waals surface area contributed by atoms with Gasteiger partial charge in [-0.3, -0.25) is 0 Å². The molecular formula is C12H15Cl2NO3S. The van der Waals surface area contributed by atoms with Gasteiger partial charge >= 0.3 is 0 Å². The summed E-state index contributed by atoms with van der Waals surface area (Å²) in [6.45, 7) is 0.0644. The van der Waals surface area contributed by atoms with Crippen molar-refractivity contribution in [1.29, 1.82) is 0 Å². The maximum absolute atomic E-state index is 11.7. The van der Waals surface area contributed by atoms with Crippen LogP contribution in [0, 0.1) is 5.41 Å². The Balaban J connectivity index is 2.45. The van der Waals surface area contributed by atoms with Gasteiger partial charge in [-0.05, 0) is 18.6 Å². The highest BCUT2D eigenvalue weighted by Gasteiger charge is 2.47. The van der Waals surface area contributed by atoms with Crippen LogP contribution >= 0.6 is 23.2 Å². The van der Waals surface area contributed by atoms with Crippen LogP contribution in [0.5, 0.6) is 0 Å². The topological polar surface area (TPSA) is 80.4 Å². The third-order valence-corrected chi connectivity index (χ3v) is 6.18. The minimum absolute atomic E-state index is 0.0311.